The number of nitro benzene ring substituents is 1. The van der Waals surface area contributed by atoms with Crippen molar-refractivity contribution in [2.45, 2.75) is 0 Å². The second-order valence-corrected chi connectivity index (χ2v) is 3.03. The first-order valence-corrected chi connectivity index (χ1v) is 4.40. The number of non-ortho nitro benzene ring substituents is 1. The second kappa shape index (κ2) is 3.18. The van der Waals surface area contributed by atoms with E-state index in [1.54, 1.807) is 0 Å². The highest BCUT2D eigenvalue weighted by Crippen LogP contribution is 2.30. The monoisotopic (exact) mass is 211 g/mol. The Hall–Kier alpha value is -1.76. The summed E-state index contributed by atoms with van der Waals surface area (Å²) in [6, 6.07) is 2.88. The summed E-state index contributed by atoms with van der Waals surface area (Å²) < 4.78 is 12.8. The third kappa shape index (κ3) is 1.18. The van der Waals surface area contributed by atoms with E-state index in [-0.39, 0.29) is 11.2 Å². The van der Waals surface area contributed by atoms with Gasteiger partial charge < -0.3 is 4.74 Å². The average Bonchev–Trinajstić information content (AvgIpc) is 2.64. The fourth-order valence-electron chi connectivity index (χ4n) is 1.14. The lowest BCUT2D eigenvalue weighted by Gasteiger charge is -1.98. The van der Waals surface area contributed by atoms with Crippen LogP contribution in [0.5, 0.6) is 5.75 Å². The molecule has 6 nitrogen and oxygen atoms in total. The molecule has 0 spiro atoms. The van der Waals surface area contributed by atoms with Crippen molar-refractivity contribution < 1.29 is 9.66 Å². The van der Waals surface area contributed by atoms with Crippen molar-refractivity contribution in [1.29, 1.82) is 0 Å². The van der Waals surface area contributed by atoms with Crippen LogP contribution in [-0.2, 0) is 0 Å². The fraction of sp³-hybridized carbons (Fsp3) is 0.143. The molecule has 0 saturated carbocycles. The van der Waals surface area contributed by atoms with Crippen LogP contribution in [0.15, 0.2) is 12.1 Å². The van der Waals surface area contributed by atoms with Crippen LogP contribution in [0.2, 0.25) is 0 Å². The zero-order valence-corrected chi connectivity index (χ0v) is 7.95. The van der Waals surface area contributed by atoms with E-state index in [1.807, 2.05) is 0 Å². The lowest BCUT2D eigenvalue weighted by molar-refractivity contribution is -0.383. The molecule has 1 aromatic heterocycles. The molecular formula is C7H5N3O3S. The average molecular weight is 211 g/mol. The molecule has 0 fully saturated rings. The maximum atomic E-state index is 10.6. The summed E-state index contributed by atoms with van der Waals surface area (Å²) in [5, 5.41) is 10.6. The molecular weight excluding hydrogens is 206 g/mol. The van der Waals surface area contributed by atoms with E-state index in [2.05, 4.69) is 8.75 Å². The van der Waals surface area contributed by atoms with E-state index in [0.717, 1.165) is 11.7 Å². The largest absolute Gasteiger partial charge is 0.494 e. The molecule has 2 aromatic rings. The van der Waals surface area contributed by atoms with Crippen LogP contribution in [-0.4, -0.2) is 20.8 Å². The third-order valence-electron chi connectivity index (χ3n) is 1.77. The SMILES string of the molecule is COc1ccc([N+](=O)[O-])c2nsnc12. The van der Waals surface area contributed by atoms with Crippen molar-refractivity contribution in [3.63, 3.8) is 0 Å². The molecule has 0 atom stereocenters. The molecule has 14 heavy (non-hydrogen) atoms. The first-order chi connectivity index (χ1) is 6.74. The van der Waals surface area contributed by atoms with Gasteiger partial charge in [0.15, 0.2) is 11.0 Å². The minimum Gasteiger partial charge on any atom is -0.494 e. The number of rotatable bonds is 2. The first kappa shape index (κ1) is 8.82. The van der Waals surface area contributed by atoms with Crippen molar-refractivity contribution in [1.82, 2.24) is 8.75 Å². The molecule has 0 aliphatic rings. The van der Waals surface area contributed by atoms with Gasteiger partial charge in [-0.05, 0) is 6.07 Å². The van der Waals surface area contributed by atoms with Gasteiger partial charge in [-0.15, -0.1) is 0 Å². The summed E-state index contributed by atoms with van der Waals surface area (Å²) in [6.45, 7) is 0. The van der Waals surface area contributed by atoms with Crippen LogP contribution >= 0.6 is 11.7 Å². The zero-order chi connectivity index (χ0) is 10.1. The quantitative estimate of drug-likeness (QED) is 0.557. The Morgan fingerprint density at radius 3 is 2.79 bits per heavy atom. The predicted molar refractivity (Wildman–Crippen MR) is 50.6 cm³/mol. The number of fused-ring (bicyclic) bond motifs is 1. The summed E-state index contributed by atoms with van der Waals surface area (Å²) in [7, 11) is 1.49. The number of benzene rings is 1. The van der Waals surface area contributed by atoms with Gasteiger partial charge >= 0.3 is 0 Å². The minimum atomic E-state index is -0.483. The van der Waals surface area contributed by atoms with E-state index >= 15 is 0 Å². The molecule has 0 bridgehead atoms. The van der Waals surface area contributed by atoms with Crippen LogP contribution in [0, 0.1) is 10.1 Å². The second-order valence-electron chi connectivity index (χ2n) is 2.51. The number of methoxy groups -OCH3 is 1. The maximum absolute atomic E-state index is 10.6. The summed E-state index contributed by atoms with van der Waals surface area (Å²) in [5.41, 5.74) is 0.667. The molecule has 0 aliphatic heterocycles. The van der Waals surface area contributed by atoms with Gasteiger partial charge in [-0.25, -0.2) is 0 Å². The van der Waals surface area contributed by atoms with Crippen molar-refractivity contribution in [3.05, 3.63) is 22.2 Å². The van der Waals surface area contributed by atoms with E-state index in [4.69, 9.17) is 4.74 Å². The van der Waals surface area contributed by atoms with E-state index < -0.39 is 4.92 Å². The molecule has 0 amide bonds. The molecule has 1 heterocycles. The minimum absolute atomic E-state index is 0.0467. The highest BCUT2D eigenvalue weighted by Gasteiger charge is 2.18. The summed E-state index contributed by atoms with van der Waals surface area (Å²) in [5.74, 6) is 0.499. The Kier molecular flexibility index (Phi) is 2.01. The Bertz CT molecular complexity index is 496. The number of nitrogens with zero attached hydrogens (tertiary/aromatic N) is 3. The molecule has 0 saturated heterocycles. The third-order valence-corrected chi connectivity index (χ3v) is 2.30. The Balaban J connectivity index is 2.78. The van der Waals surface area contributed by atoms with Crippen molar-refractivity contribution in [3.8, 4) is 5.75 Å². The molecule has 2 rings (SSSR count). The summed E-state index contributed by atoms with van der Waals surface area (Å²) in [6.07, 6.45) is 0. The van der Waals surface area contributed by atoms with Gasteiger partial charge in [-0.1, -0.05) is 0 Å². The normalized spacial score (nSPS) is 10.4. The zero-order valence-electron chi connectivity index (χ0n) is 7.13. The maximum Gasteiger partial charge on any atom is 0.298 e. The van der Waals surface area contributed by atoms with Gasteiger partial charge in [0.1, 0.15) is 5.75 Å². The number of aromatic nitrogens is 2. The predicted octanol–water partition coefficient (Wildman–Crippen LogP) is 1.61. The van der Waals surface area contributed by atoms with Crippen LogP contribution < -0.4 is 4.74 Å². The Labute approximate surface area is 82.6 Å². The van der Waals surface area contributed by atoms with E-state index in [9.17, 15) is 10.1 Å². The number of nitro groups is 1. The number of ether oxygens (including phenoxy) is 1. The van der Waals surface area contributed by atoms with Crippen LogP contribution in [0.1, 0.15) is 0 Å². The Morgan fingerprint density at radius 1 is 1.43 bits per heavy atom. The standard InChI is InChI=1S/C7H5N3O3S/c1-13-5-3-2-4(10(11)12)6-7(5)9-14-8-6/h2-3H,1H3. The first-order valence-electron chi connectivity index (χ1n) is 3.67. The van der Waals surface area contributed by atoms with E-state index in [1.165, 1.54) is 19.2 Å². The van der Waals surface area contributed by atoms with Gasteiger partial charge in [0, 0.05) is 6.07 Å². The molecule has 7 heteroatoms. The van der Waals surface area contributed by atoms with Crippen LogP contribution in [0.3, 0.4) is 0 Å². The summed E-state index contributed by atoms with van der Waals surface area (Å²) >= 11 is 0.930. The van der Waals surface area contributed by atoms with Crippen molar-refractivity contribution >= 4 is 28.4 Å². The van der Waals surface area contributed by atoms with Crippen molar-refractivity contribution in [2.75, 3.05) is 7.11 Å². The van der Waals surface area contributed by atoms with Gasteiger partial charge in [0.25, 0.3) is 5.69 Å². The molecule has 1 aromatic carbocycles. The number of hydrogen-bond donors (Lipinski definition) is 0. The molecule has 0 N–H and O–H groups in total. The van der Waals surface area contributed by atoms with Gasteiger partial charge in [0.05, 0.1) is 23.8 Å². The highest BCUT2D eigenvalue weighted by molar-refractivity contribution is 7.00. The number of hydrogen-bond acceptors (Lipinski definition) is 6. The topological polar surface area (TPSA) is 78.2 Å². The molecule has 0 unspecified atom stereocenters. The molecule has 0 aliphatic carbocycles. The van der Waals surface area contributed by atoms with Gasteiger partial charge in [-0.3, -0.25) is 10.1 Å². The van der Waals surface area contributed by atoms with Crippen molar-refractivity contribution in [2.24, 2.45) is 0 Å². The summed E-state index contributed by atoms with van der Waals surface area (Å²) in [4.78, 5) is 10.1. The fourth-order valence-corrected chi connectivity index (χ4v) is 1.70. The lowest BCUT2D eigenvalue weighted by Crippen LogP contribution is -1.91. The van der Waals surface area contributed by atoms with Crippen LogP contribution in [0.25, 0.3) is 11.0 Å². The molecule has 0 radical (unpaired) electrons. The highest BCUT2D eigenvalue weighted by atomic mass is 32.1. The van der Waals surface area contributed by atoms with Crippen LogP contribution in [0.4, 0.5) is 5.69 Å². The van der Waals surface area contributed by atoms with E-state index in [0.29, 0.717) is 11.3 Å². The Morgan fingerprint density at radius 2 is 2.14 bits per heavy atom. The molecule has 72 valence electrons. The lowest BCUT2D eigenvalue weighted by atomic mass is 10.2. The van der Waals surface area contributed by atoms with Gasteiger partial charge in [-0.2, -0.15) is 8.75 Å². The van der Waals surface area contributed by atoms with Gasteiger partial charge in [0.2, 0.25) is 0 Å². The smallest absolute Gasteiger partial charge is 0.298 e.